The normalized spacial score (nSPS) is 17.2. The summed E-state index contributed by atoms with van der Waals surface area (Å²) in [6, 6.07) is 2.66. The molecule has 0 saturated heterocycles. The van der Waals surface area contributed by atoms with E-state index in [0.29, 0.717) is 25.8 Å². The van der Waals surface area contributed by atoms with Crippen LogP contribution in [0.4, 0.5) is 0 Å². The molecule has 1 heterocycles. The van der Waals surface area contributed by atoms with Gasteiger partial charge in [-0.2, -0.15) is 10.6 Å². The van der Waals surface area contributed by atoms with Crippen molar-refractivity contribution in [2.45, 2.75) is 44.7 Å². The summed E-state index contributed by atoms with van der Waals surface area (Å²) < 4.78 is 7.01. The highest BCUT2D eigenvalue weighted by Crippen LogP contribution is 2.27. The van der Waals surface area contributed by atoms with Crippen LogP contribution in [-0.2, 0) is 16.1 Å². The SMILES string of the molecule is COCCONCc1ccn(C2CCCCC2)n1. The van der Waals surface area contributed by atoms with E-state index >= 15 is 0 Å². The number of hydrogen-bond donors (Lipinski definition) is 1. The topological polar surface area (TPSA) is 48.3 Å². The summed E-state index contributed by atoms with van der Waals surface area (Å²) in [6.07, 6.45) is 8.65. The minimum absolute atomic E-state index is 0.555. The van der Waals surface area contributed by atoms with Crippen molar-refractivity contribution in [1.29, 1.82) is 0 Å². The first-order chi connectivity index (χ1) is 8.90. The fraction of sp³-hybridized carbons (Fsp3) is 0.769. The van der Waals surface area contributed by atoms with Gasteiger partial charge in [-0.1, -0.05) is 19.3 Å². The van der Waals surface area contributed by atoms with E-state index in [1.807, 2.05) is 0 Å². The first-order valence-corrected chi connectivity index (χ1v) is 6.78. The Bertz CT molecular complexity index is 335. The molecule has 0 spiro atoms. The van der Waals surface area contributed by atoms with Crippen molar-refractivity contribution in [3.8, 4) is 0 Å². The molecule has 1 saturated carbocycles. The molecule has 5 nitrogen and oxygen atoms in total. The van der Waals surface area contributed by atoms with Crippen molar-refractivity contribution in [1.82, 2.24) is 15.3 Å². The molecule has 0 amide bonds. The molecular weight excluding hydrogens is 230 g/mol. The van der Waals surface area contributed by atoms with Crippen molar-refractivity contribution in [3.63, 3.8) is 0 Å². The first-order valence-electron chi connectivity index (χ1n) is 6.78. The Morgan fingerprint density at radius 3 is 2.94 bits per heavy atom. The zero-order valence-corrected chi connectivity index (χ0v) is 11.1. The van der Waals surface area contributed by atoms with Crippen LogP contribution < -0.4 is 5.48 Å². The Morgan fingerprint density at radius 1 is 1.33 bits per heavy atom. The van der Waals surface area contributed by atoms with Gasteiger partial charge >= 0.3 is 0 Å². The van der Waals surface area contributed by atoms with Crippen LogP contribution in [0.25, 0.3) is 0 Å². The maximum absolute atomic E-state index is 5.21. The van der Waals surface area contributed by atoms with E-state index in [2.05, 4.69) is 27.5 Å². The molecule has 0 unspecified atom stereocenters. The Labute approximate surface area is 108 Å². The first kappa shape index (κ1) is 13.5. The van der Waals surface area contributed by atoms with E-state index in [4.69, 9.17) is 9.57 Å². The van der Waals surface area contributed by atoms with Gasteiger partial charge in [-0.05, 0) is 18.9 Å². The lowest BCUT2D eigenvalue weighted by Gasteiger charge is -2.21. The summed E-state index contributed by atoms with van der Waals surface area (Å²) >= 11 is 0. The highest BCUT2D eigenvalue weighted by atomic mass is 16.7. The second kappa shape index (κ2) is 7.51. The van der Waals surface area contributed by atoms with Crippen LogP contribution in [0, 0.1) is 0 Å². The maximum atomic E-state index is 5.21. The molecule has 102 valence electrons. The molecule has 5 heteroatoms. The Hall–Kier alpha value is -0.910. The number of rotatable bonds is 7. The van der Waals surface area contributed by atoms with Crippen LogP contribution in [0.15, 0.2) is 12.3 Å². The van der Waals surface area contributed by atoms with Gasteiger partial charge in [0.25, 0.3) is 0 Å². The number of nitrogens with zero attached hydrogens (tertiary/aromatic N) is 2. The minimum atomic E-state index is 0.555. The highest BCUT2D eigenvalue weighted by Gasteiger charge is 2.15. The lowest BCUT2D eigenvalue weighted by Crippen LogP contribution is -2.18. The van der Waals surface area contributed by atoms with Crippen LogP contribution in [0.1, 0.15) is 43.8 Å². The summed E-state index contributed by atoms with van der Waals surface area (Å²) in [5.41, 5.74) is 3.92. The van der Waals surface area contributed by atoms with Crippen LogP contribution >= 0.6 is 0 Å². The van der Waals surface area contributed by atoms with Gasteiger partial charge in [-0.15, -0.1) is 0 Å². The van der Waals surface area contributed by atoms with Crippen molar-refractivity contribution < 1.29 is 9.57 Å². The zero-order valence-electron chi connectivity index (χ0n) is 11.1. The molecule has 1 aliphatic carbocycles. The van der Waals surface area contributed by atoms with Crippen molar-refractivity contribution >= 4 is 0 Å². The third-order valence-electron chi connectivity index (χ3n) is 3.36. The maximum Gasteiger partial charge on any atom is 0.0916 e. The summed E-state index contributed by atoms with van der Waals surface area (Å²) in [7, 11) is 1.66. The standard InChI is InChI=1S/C13H23N3O2/c1-17-9-10-18-14-11-12-7-8-16(15-12)13-5-3-2-4-6-13/h7-8,13-14H,2-6,9-11H2,1H3. The van der Waals surface area contributed by atoms with Crippen molar-refractivity contribution in [2.24, 2.45) is 0 Å². The molecule has 0 aliphatic heterocycles. The van der Waals surface area contributed by atoms with Crippen LogP contribution in [-0.4, -0.2) is 30.1 Å². The number of nitrogens with one attached hydrogen (secondary N) is 1. The number of hydroxylamine groups is 1. The van der Waals surface area contributed by atoms with E-state index in [0.717, 1.165) is 5.69 Å². The number of hydrogen-bond acceptors (Lipinski definition) is 4. The minimum Gasteiger partial charge on any atom is -0.382 e. The van der Waals surface area contributed by atoms with E-state index in [1.165, 1.54) is 32.1 Å². The monoisotopic (exact) mass is 253 g/mol. The number of aromatic nitrogens is 2. The fourth-order valence-corrected chi connectivity index (χ4v) is 2.34. The lowest BCUT2D eigenvalue weighted by atomic mass is 9.96. The zero-order chi connectivity index (χ0) is 12.6. The number of ether oxygens (including phenoxy) is 1. The summed E-state index contributed by atoms with van der Waals surface area (Å²) in [5.74, 6) is 0. The largest absolute Gasteiger partial charge is 0.382 e. The van der Waals surface area contributed by atoms with Gasteiger partial charge in [0.2, 0.25) is 0 Å². The highest BCUT2D eigenvalue weighted by molar-refractivity contribution is 4.99. The van der Waals surface area contributed by atoms with E-state index in [1.54, 1.807) is 7.11 Å². The molecule has 0 bridgehead atoms. The molecule has 0 radical (unpaired) electrons. The molecule has 18 heavy (non-hydrogen) atoms. The van der Waals surface area contributed by atoms with E-state index < -0.39 is 0 Å². The predicted molar refractivity (Wildman–Crippen MR) is 69.0 cm³/mol. The molecule has 1 fully saturated rings. The summed E-state index contributed by atoms with van der Waals surface area (Å²) in [6.45, 7) is 1.80. The molecule has 1 aromatic heterocycles. The van der Waals surface area contributed by atoms with Gasteiger partial charge in [0, 0.05) is 13.3 Å². The molecule has 0 atom stereocenters. The molecule has 1 aliphatic rings. The Kier molecular flexibility index (Phi) is 5.64. The van der Waals surface area contributed by atoms with Gasteiger partial charge in [-0.25, -0.2) is 0 Å². The van der Waals surface area contributed by atoms with Crippen molar-refractivity contribution in [2.75, 3.05) is 20.3 Å². The quantitative estimate of drug-likeness (QED) is 0.597. The third kappa shape index (κ3) is 4.08. The average molecular weight is 253 g/mol. The second-order valence-electron chi connectivity index (χ2n) is 4.74. The predicted octanol–water partition coefficient (Wildman–Crippen LogP) is 2.06. The van der Waals surface area contributed by atoms with Gasteiger partial charge < -0.3 is 4.74 Å². The summed E-state index contributed by atoms with van der Waals surface area (Å²) in [5, 5.41) is 4.59. The Morgan fingerprint density at radius 2 is 2.17 bits per heavy atom. The molecular formula is C13H23N3O2. The molecule has 1 N–H and O–H groups in total. The molecule has 0 aromatic carbocycles. The van der Waals surface area contributed by atoms with Crippen molar-refractivity contribution in [3.05, 3.63) is 18.0 Å². The van der Waals surface area contributed by atoms with Gasteiger partial charge in [-0.3, -0.25) is 9.52 Å². The van der Waals surface area contributed by atoms with E-state index in [9.17, 15) is 0 Å². The van der Waals surface area contributed by atoms with Gasteiger partial charge in [0.05, 0.1) is 31.5 Å². The van der Waals surface area contributed by atoms with E-state index in [-0.39, 0.29) is 0 Å². The smallest absolute Gasteiger partial charge is 0.0916 e. The van der Waals surface area contributed by atoms with Crippen LogP contribution in [0.5, 0.6) is 0 Å². The van der Waals surface area contributed by atoms with Gasteiger partial charge in [0.15, 0.2) is 0 Å². The number of methoxy groups -OCH3 is 1. The van der Waals surface area contributed by atoms with Crippen LogP contribution in [0.3, 0.4) is 0 Å². The summed E-state index contributed by atoms with van der Waals surface area (Å²) in [4.78, 5) is 5.21. The Balaban J connectivity index is 1.72. The fourth-order valence-electron chi connectivity index (χ4n) is 2.34. The lowest BCUT2D eigenvalue weighted by molar-refractivity contribution is 0.00289. The van der Waals surface area contributed by atoms with Crippen LogP contribution in [0.2, 0.25) is 0 Å². The third-order valence-corrected chi connectivity index (χ3v) is 3.36. The molecule has 2 rings (SSSR count). The van der Waals surface area contributed by atoms with Gasteiger partial charge in [0.1, 0.15) is 0 Å². The average Bonchev–Trinajstić information content (AvgIpc) is 2.88. The second-order valence-corrected chi connectivity index (χ2v) is 4.74. The molecule has 1 aromatic rings.